The first kappa shape index (κ1) is 11.9. The molecule has 4 nitrogen and oxygen atoms in total. The van der Waals surface area contributed by atoms with Crippen molar-refractivity contribution < 1.29 is 9.34 Å². The van der Waals surface area contributed by atoms with Crippen LogP contribution in [0.2, 0.25) is 0 Å². The molecular weight excluding hydrogens is 310 g/mol. The first-order valence-electron chi connectivity index (χ1n) is 5.58. The molecule has 94 valence electrons. The molecule has 1 aromatic heterocycles. The van der Waals surface area contributed by atoms with Crippen LogP contribution < -0.4 is 0 Å². The molecule has 0 bridgehead atoms. The Morgan fingerprint density at radius 3 is 2.63 bits per heavy atom. The molecule has 1 heterocycles. The Morgan fingerprint density at radius 1 is 1.05 bits per heavy atom. The summed E-state index contributed by atoms with van der Waals surface area (Å²) in [5.74, 6) is 0. The number of hydrogen-bond donors (Lipinski definition) is 0. The summed E-state index contributed by atoms with van der Waals surface area (Å²) in [6.45, 7) is 0. The van der Waals surface area contributed by atoms with E-state index in [0.29, 0.717) is 11.1 Å². The van der Waals surface area contributed by atoms with Crippen LogP contribution in [-0.2, 0) is 0 Å². The van der Waals surface area contributed by atoms with Crippen LogP contribution in [0.4, 0.5) is 5.69 Å². The minimum atomic E-state index is -0.383. The second-order valence-corrected chi connectivity index (χ2v) is 4.89. The quantitative estimate of drug-likeness (QED) is 0.505. The van der Waals surface area contributed by atoms with Crippen molar-refractivity contribution >= 4 is 32.6 Å². The van der Waals surface area contributed by atoms with Crippen molar-refractivity contribution in [3.63, 3.8) is 0 Å². The SMILES string of the molecule is O=[N+]([O-])c1ccccc1-c1coc2c(Br)cccc12. The number of halogens is 1. The zero-order valence-corrected chi connectivity index (χ0v) is 11.3. The molecule has 0 saturated carbocycles. The summed E-state index contributed by atoms with van der Waals surface area (Å²) >= 11 is 3.40. The second-order valence-electron chi connectivity index (χ2n) is 4.04. The van der Waals surface area contributed by atoms with Gasteiger partial charge in [0.1, 0.15) is 5.58 Å². The van der Waals surface area contributed by atoms with E-state index in [9.17, 15) is 10.1 Å². The molecule has 0 radical (unpaired) electrons. The standard InChI is InChI=1S/C14H8BrNO3/c15-12-6-3-5-10-11(8-19-14(10)12)9-4-1-2-7-13(9)16(17)18/h1-8H. The molecule has 0 aliphatic rings. The molecule has 0 unspecified atom stereocenters. The van der Waals surface area contributed by atoms with Crippen LogP contribution >= 0.6 is 15.9 Å². The van der Waals surface area contributed by atoms with Crippen LogP contribution in [0.15, 0.2) is 57.6 Å². The highest BCUT2D eigenvalue weighted by molar-refractivity contribution is 9.10. The van der Waals surface area contributed by atoms with Crippen molar-refractivity contribution in [2.45, 2.75) is 0 Å². The molecule has 0 atom stereocenters. The van der Waals surface area contributed by atoms with Gasteiger partial charge in [-0.05, 0) is 28.1 Å². The van der Waals surface area contributed by atoms with Crippen molar-refractivity contribution in [2.75, 3.05) is 0 Å². The van der Waals surface area contributed by atoms with Crippen LogP contribution in [-0.4, -0.2) is 4.92 Å². The number of hydrogen-bond acceptors (Lipinski definition) is 3. The molecular formula is C14H8BrNO3. The van der Waals surface area contributed by atoms with E-state index in [0.717, 1.165) is 15.4 Å². The van der Waals surface area contributed by atoms with Gasteiger partial charge in [0.15, 0.2) is 0 Å². The van der Waals surface area contributed by atoms with Gasteiger partial charge in [0.25, 0.3) is 5.69 Å². The zero-order valence-electron chi connectivity index (χ0n) is 9.67. The van der Waals surface area contributed by atoms with E-state index in [2.05, 4.69) is 15.9 Å². The molecule has 19 heavy (non-hydrogen) atoms. The van der Waals surface area contributed by atoms with Crippen molar-refractivity contribution in [1.29, 1.82) is 0 Å². The molecule has 3 aromatic rings. The molecule has 3 rings (SSSR count). The monoisotopic (exact) mass is 317 g/mol. The number of para-hydroxylation sites is 2. The summed E-state index contributed by atoms with van der Waals surface area (Å²) in [5, 5.41) is 11.9. The average molecular weight is 318 g/mol. The maximum atomic E-state index is 11.1. The van der Waals surface area contributed by atoms with Crippen LogP contribution in [0.1, 0.15) is 0 Å². The van der Waals surface area contributed by atoms with Gasteiger partial charge in [-0.2, -0.15) is 0 Å². The normalized spacial score (nSPS) is 10.8. The predicted octanol–water partition coefficient (Wildman–Crippen LogP) is 4.77. The van der Waals surface area contributed by atoms with Gasteiger partial charge in [0, 0.05) is 17.0 Å². The Kier molecular flexibility index (Phi) is 2.83. The Bertz CT molecular complexity index is 779. The lowest BCUT2D eigenvalue weighted by atomic mass is 10.0. The minimum absolute atomic E-state index is 0.0742. The van der Waals surface area contributed by atoms with Gasteiger partial charge >= 0.3 is 0 Å². The minimum Gasteiger partial charge on any atom is -0.462 e. The Morgan fingerprint density at radius 2 is 1.84 bits per heavy atom. The van der Waals surface area contributed by atoms with Gasteiger partial charge in [-0.25, -0.2) is 0 Å². The Labute approximate surface area is 116 Å². The molecule has 5 heteroatoms. The third-order valence-electron chi connectivity index (χ3n) is 2.94. The molecule has 0 aliphatic carbocycles. The van der Waals surface area contributed by atoms with Crippen LogP contribution in [0, 0.1) is 10.1 Å². The first-order chi connectivity index (χ1) is 9.18. The molecule has 0 spiro atoms. The summed E-state index contributed by atoms with van der Waals surface area (Å²) in [4.78, 5) is 10.7. The summed E-state index contributed by atoms with van der Waals surface area (Å²) < 4.78 is 6.33. The first-order valence-corrected chi connectivity index (χ1v) is 6.37. The molecule has 0 fully saturated rings. The number of furan rings is 1. The van der Waals surface area contributed by atoms with E-state index in [1.54, 1.807) is 24.5 Å². The van der Waals surface area contributed by atoms with Crippen molar-refractivity contribution in [3.8, 4) is 11.1 Å². The fourth-order valence-corrected chi connectivity index (χ4v) is 2.55. The van der Waals surface area contributed by atoms with Crippen molar-refractivity contribution in [2.24, 2.45) is 0 Å². The van der Waals surface area contributed by atoms with E-state index in [1.807, 2.05) is 18.2 Å². The number of fused-ring (bicyclic) bond motifs is 1. The molecule has 0 amide bonds. The van der Waals surface area contributed by atoms with E-state index >= 15 is 0 Å². The number of nitro groups is 1. The lowest BCUT2D eigenvalue weighted by Gasteiger charge is -2.00. The van der Waals surface area contributed by atoms with Gasteiger partial charge in [-0.1, -0.05) is 24.3 Å². The van der Waals surface area contributed by atoms with E-state index < -0.39 is 0 Å². The smallest absolute Gasteiger partial charge is 0.277 e. The fourth-order valence-electron chi connectivity index (χ4n) is 2.09. The highest BCUT2D eigenvalue weighted by Crippen LogP contribution is 2.38. The van der Waals surface area contributed by atoms with Crippen molar-refractivity contribution in [1.82, 2.24) is 0 Å². The van der Waals surface area contributed by atoms with Gasteiger partial charge in [0.2, 0.25) is 0 Å². The topological polar surface area (TPSA) is 56.3 Å². The largest absolute Gasteiger partial charge is 0.462 e. The second kappa shape index (κ2) is 4.51. The number of rotatable bonds is 2. The van der Waals surface area contributed by atoms with E-state index in [1.165, 1.54) is 6.07 Å². The third-order valence-corrected chi connectivity index (χ3v) is 3.57. The predicted molar refractivity (Wildman–Crippen MR) is 76.0 cm³/mol. The zero-order chi connectivity index (χ0) is 13.4. The number of benzene rings is 2. The molecule has 2 aromatic carbocycles. The third kappa shape index (κ3) is 1.92. The highest BCUT2D eigenvalue weighted by Gasteiger charge is 2.18. The maximum absolute atomic E-state index is 11.1. The summed E-state index contributed by atoms with van der Waals surface area (Å²) in [6, 6.07) is 12.3. The van der Waals surface area contributed by atoms with Crippen LogP contribution in [0.25, 0.3) is 22.1 Å². The van der Waals surface area contributed by atoms with Gasteiger partial charge in [0.05, 0.1) is 21.2 Å². The lowest BCUT2D eigenvalue weighted by Crippen LogP contribution is -1.90. The highest BCUT2D eigenvalue weighted by atomic mass is 79.9. The van der Waals surface area contributed by atoms with Crippen molar-refractivity contribution in [3.05, 3.63) is 63.3 Å². The summed E-state index contributed by atoms with van der Waals surface area (Å²) in [5.41, 5.74) is 2.05. The Balaban J connectivity index is 2.32. The maximum Gasteiger partial charge on any atom is 0.277 e. The summed E-state index contributed by atoms with van der Waals surface area (Å²) in [7, 11) is 0. The number of nitro benzene ring substituents is 1. The fraction of sp³-hybridized carbons (Fsp3) is 0. The van der Waals surface area contributed by atoms with E-state index in [4.69, 9.17) is 4.42 Å². The lowest BCUT2D eigenvalue weighted by molar-refractivity contribution is -0.384. The van der Waals surface area contributed by atoms with Gasteiger partial charge in [-0.3, -0.25) is 10.1 Å². The summed E-state index contributed by atoms with van der Waals surface area (Å²) in [6.07, 6.45) is 1.55. The average Bonchev–Trinajstić information content (AvgIpc) is 2.84. The van der Waals surface area contributed by atoms with Crippen LogP contribution in [0.3, 0.4) is 0 Å². The molecule has 0 N–H and O–H groups in total. The van der Waals surface area contributed by atoms with Gasteiger partial charge < -0.3 is 4.42 Å². The van der Waals surface area contributed by atoms with Gasteiger partial charge in [-0.15, -0.1) is 0 Å². The van der Waals surface area contributed by atoms with Crippen LogP contribution in [0.5, 0.6) is 0 Å². The number of nitrogens with zero attached hydrogens (tertiary/aromatic N) is 1. The van der Waals surface area contributed by atoms with E-state index in [-0.39, 0.29) is 10.6 Å². The molecule has 0 saturated heterocycles. The Hall–Kier alpha value is -2.14. The molecule has 0 aliphatic heterocycles.